The van der Waals surface area contributed by atoms with Crippen molar-refractivity contribution in [3.8, 4) is 17.0 Å². The molecule has 1 saturated carbocycles. The Morgan fingerprint density at radius 2 is 2.04 bits per heavy atom. The van der Waals surface area contributed by atoms with Gasteiger partial charge in [0.05, 0.1) is 5.69 Å². The molecule has 0 aliphatic heterocycles. The van der Waals surface area contributed by atoms with Gasteiger partial charge in [-0.25, -0.2) is 9.50 Å². The third-order valence-corrected chi connectivity index (χ3v) is 4.10. The van der Waals surface area contributed by atoms with Gasteiger partial charge in [-0.15, -0.1) is 0 Å². The lowest BCUT2D eigenvalue weighted by Crippen LogP contribution is -2.22. The number of ether oxygens (including phenoxy) is 1. The van der Waals surface area contributed by atoms with E-state index in [1.54, 1.807) is 6.07 Å². The van der Waals surface area contributed by atoms with Crippen LogP contribution in [0.2, 0.25) is 0 Å². The molecule has 0 radical (unpaired) electrons. The van der Waals surface area contributed by atoms with E-state index in [4.69, 9.17) is 9.72 Å². The molecule has 0 atom stereocenters. The van der Waals surface area contributed by atoms with Crippen LogP contribution in [0.25, 0.3) is 16.9 Å². The molecule has 1 fully saturated rings. The van der Waals surface area contributed by atoms with Crippen molar-refractivity contribution in [2.24, 2.45) is 0 Å². The molecule has 1 aliphatic rings. The molecule has 2 heterocycles. The maximum absolute atomic E-state index is 12.4. The van der Waals surface area contributed by atoms with Gasteiger partial charge in [0.25, 0.3) is 5.56 Å². The molecule has 1 aliphatic carbocycles. The molecular weight excluding hydrogens is 302 g/mol. The van der Waals surface area contributed by atoms with E-state index in [1.807, 2.05) is 51.2 Å². The molecule has 0 amide bonds. The van der Waals surface area contributed by atoms with Crippen LogP contribution in [0.15, 0.2) is 41.3 Å². The zero-order valence-corrected chi connectivity index (χ0v) is 14.2. The summed E-state index contributed by atoms with van der Waals surface area (Å²) in [5.74, 6) is 1.31. The topological polar surface area (TPSA) is 59.4 Å². The highest BCUT2D eigenvalue weighted by Gasteiger charge is 2.27. The molecule has 24 heavy (non-hydrogen) atoms. The van der Waals surface area contributed by atoms with Crippen molar-refractivity contribution in [2.75, 3.05) is 0 Å². The Morgan fingerprint density at radius 3 is 2.75 bits per heavy atom. The van der Waals surface area contributed by atoms with Crippen LogP contribution < -0.4 is 10.3 Å². The zero-order valence-electron chi connectivity index (χ0n) is 14.2. The second-order valence-electron chi connectivity index (χ2n) is 7.38. The second kappa shape index (κ2) is 5.23. The van der Waals surface area contributed by atoms with Gasteiger partial charge in [0.2, 0.25) is 0 Å². The van der Waals surface area contributed by atoms with Crippen molar-refractivity contribution >= 4 is 5.65 Å². The summed E-state index contributed by atoms with van der Waals surface area (Å²) in [6.07, 6.45) is 4.25. The van der Waals surface area contributed by atoms with E-state index in [9.17, 15) is 4.79 Å². The molecule has 4 rings (SSSR count). The van der Waals surface area contributed by atoms with E-state index >= 15 is 0 Å². The van der Waals surface area contributed by atoms with Crippen molar-refractivity contribution in [2.45, 2.75) is 45.1 Å². The Labute approximate surface area is 140 Å². The molecule has 5 nitrogen and oxygen atoms in total. The Kier molecular flexibility index (Phi) is 3.27. The van der Waals surface area contributed by atoms with Crippen LogP contribution in [0, 0.1) is 0 Å². The minimum Gasteiger partial charge on any atom is -0.488 e. The summed E-state index contributed by atoms with van der Waals surface area (Å²) >= 11 is 0. The van der Waals surface area contributed by atoms with Crippen LogP contribution >= 0.6 is 0 Å². The average Bonchev–Trinajstić information content (AvgIpc) is 3.25. The first-order chi connectivity index (χ1) is 11.4. The number of H-pyrrole nitrogens is 1. The van der Waals surface area contributed by atoms with Crippen LogP contribution in [0.1, 0.15) is 45.1 Å². The molecule has 124 valence electrons. The smallest absolute Gasteiger partial charge is 0.273 e. The van der Waals surface area contributed by atoms with E-state index in [0.717, 1.165) is 22.5 Å². The Morgan fingerprint density at radius 1 is 1.25 bits per heavy atom. The SMILES string of the molecule is CC(C)(C)Oc1cccc(-c2cc(=O)n3[nH]cc(C4CC4)c3n2)c1. The summed E-state index contributed by atoms with van der Waals surface area (Å²) < 4.78 is 7.44. The van der Waals surface area contributed by atoms with Crippen molar-refractivity contribution < 1.29 is 4.74 Å². The largest absolute Gasteiger partial charge is 0.488 e. The predicted molar refractivity (Wildman–Crippen MR) is 93.6 cm³/mol. The van der Waals surface area contributed by atoms with E-state index in [0.29, 0.717) is 11.6 Å². The number of benzene rings is 1. The summed E-state index contributed by atoms with van der Waals surface area (Å²) in [7, 11) is 0. The standard InChI is InChI=1S/C19H21N3O2/c1-19(2,3)24-14-6-4-5-13(9-14)16-10-17(23)22-18(21-16)15(11-20-22)12-7-8-12/h4-6,9-12,20H,7-8H2,1-3H3. The number of aromatic amines is 1. The number of rotatable bonds is 3. The molecule has 3 aromatic rings. The molecule has 0 bridgehead atoms. The Hall–Kier alpha value is -2.56. The minimum atomic E-state index is -0.269. The Balaban J connectivity index is 1.80. The molecular formula is C19H21N3O2. The maximum Gasteiger partial charge on any atom is 0.273 e. The van der Waals surface area contributed by atoms with E-state index < -0.39 is 0 Å². The molecule has 0 unspecified atom stereocenters. The third kappa shape index (κ3) is 2.82. The lowest BCUT2D eigenvalue weighted by molar-refractivity contribution is 0.131. The number of hydrogen-bond donors (Lipinski definition) is 1. The van der Waals surface area contributed by atoms with Gasteiger partial charge in [0, 0.05) is 23.4 Å². The van der Waals surface area contributed by atoms with Crippen LogP contribution in [0.3, 0.4) is 0 Å². The number of nitrogens with one attached hydrogen (secondary N) is 1. The maximum atomic E-state index is 12.4. The summed E-state index contributed by atoms with van der Waals surface area (Å²) in [5.41, 5.74) is 3.08. The van der Waals surface area contributed by atoms with Crippen molar-refractivity contribution in [3.05, 3.63) is 52.4 Å². The monoisotopic (exact) mass is 323 g/mol. The van der Waals surface area contributed by atoms with Crippen molar-refractivity contribution in [1.29, 1.82) is 0 Å². The molecule has 5 heteroatoms. The van der Waals surface area contributed by atoms with Gasteiger partial charge in [-0.2, -0.15) is 0 Å². The van der Waals surface area contributed by atoms with E-state index in [1.165, 1.54) is 17.4 Å². The van der Waals surface area contributed by atoms with Crippen molar-refractivity contribution in [3.63, 3.8) is 0 Å². The summed E-state index contributed by atoms with van der Waals surface area (Å²) in [6.45, 7) is 6.04. The summed E-state index contributed by atoms with van der Waals surface area (Å²) in [4.78, 5) is 17.1. The van der Waals surface area contributed by atoms with Gasteiger partial charge < -0.3 is 4.74 Å². The van der Waals surface area contributed by atoms with Crippen LogP contribution in [-0.4, -0.2) is 20.2 Å². The fraction of sp³-hybridized carbons (Fsp3) is 0.368. The molecule has 0 spiro atoms. The van der Waals surface area contributed by atoms with Crippen LogP contribution in [0.5, 0.6) is 5.75 Å². The van der Waals surface area contributed by atoms with Gasteiger partial charge in [-0.3, -0.25) is 9.89 Å². The normalized spacial score (nSPS) is 15.0. The quantitative estimate of drug-likeness (QED) is 0.798. The summed E-state index contributed by atoms with van der Waals surface area (Å²) in [6, 6.07) is 9.31. The molecule has 1 N–H and O–H groups in total. The van der Waals surface area contributed by atoms with Gasteiger partial charge in [-0.05, 0) is 51.7 Å². The number of nitrogens with zero attached hydrogens (tertiary/aromatic N) is 2. The van der Waals surface area contributed by atoms with E-state index in [2.05, 4.69) is 5.10 Å². The number of hydrogen-bond acceptors (Lipinski definition) is 3. The zero-order chi connectivity index (χ0) is 16.9. The third-order valence-electron chi connectivity index (χ3n) is 4.10. The lowest BCUT2D eigenvalue weighted by Gasteiger charge is -2.21. The number of aromatic nitrogens is 3. The highest BCUT2D eigenvalue weighted by atomic mass is 16.5. The molecule has 1 aromatic carbocycles. The van der Waals surface area contributed by atoms with Gasteiger partial charge >= 0.3 is 0 Å². The van der Waals surface area contributed by atoms with Gasteiger partial charge in [0.1, 0.15) is 11.4 Å². The first kappa shape index (κ1) is 15.0. The van der Waals surface area contributed by atoms with Crippen LogP contribution in [0.4, 0.5) is 0 Å². The fourth-order valence-electron chi connectivity index (χ4n) is 2.91. The highest BCUT2D eigenvalue weighted by Crippen LogP contribution is 2.41. The fourth-order valence-corrected chi connectivity index (χ4v) is 2.91. The molecule has 2 aromatic heterocycles. The van der Waals surface area contributed by atoms with Crippen LogP contribution in [-0.2, 0) is 0 Å². The second-order valence-corrected chi connectivity index (χ2v) is 7.38. The minimum absolute atomic E-state index is 0.0935. The van der Waals surface area contributed by atoms with E-state index in [-0.39, 0.29) is 11.2 Å². The van der Waals surface area contributed by atoms with Gasteiger partial charge in [-0.1, -0.05) is 12.1 Å². The van der Waals surface area contributed by atoms with Gasteiger partial charge in [0.15, 0.2) is 5.65 Å². The predicted octanol–water partition coefficient (Wildman–Crippen LogP) is 3.74. The number of fused-ring (bicyclic) bond motifs is 1. The summed E-state index contributed by atoms with van der Waals surface area (Å²) in [5, 5.41) is 3.02. The first-order valence-electron chi connectivity index (χ1n) is 8.31. The van der Waals surface area contributed by atoms with Crippen molar-refractivity contribution in [1.82, 2.24) is 14.6 Å². The molecule has 0 saturated heterocycles. The average molecular weight is 323 g/mol. The first-order valence-corrected chi connectivity index (χ1v) is 8.31. The lowest BCUT2D eigenvalue weighted by atomic mass is 10.1. The Bertz CT molecular complexity index is 959. The highest BCUT2D eigenvalue weighted by molar-refractivity contribution is 5.64.